The lowest BCUT2D eigenvalue weighted by Gasteiger charge is -2.34. The Morgan fingerprint density at radius 3 is 2.54 bits per heavy atom. The molecule has 0 spiro atoms. The largest absolute Gasteiger partial charge is 0.494 e. The standard InChI is InChI=1S/C18H27NO4S/c1-14(2)18-10-7-16(13-22-4)23-12-11-19(18)24(20,21)17-8-5-15(3)6-9-17/h5-9,14,18H,10-13H2,1-4H3/b16-7-/t18-/m1/s1. The van der Waals surface area contributed by atoms with Gasteiger partial charge in [0.15, 0.2) is 0 Å². The van der Waals surface area contributed by atoms with Crippen LogP contribution in [0.3, 0.4) is 0 Å². The molecule has 0 bridgehead atoms. The maximum absolute atomic E-state index is 13.1. The Hall–Kier alpha value is -1.37. The van der Waals surface area contributed by atoms with Crippen molar-refractivity contribution in [2.45, 2.75) is 38.1 Å². The predicted molar refractivity (Wildman–Crippen MR) is 94.2 cm³/mol. The van der Waals surface area contributed by atoms with Crippen molar-refractivity contribution in [3.63, 3.8) is 0 Å². The highest BCUT2D eigenvalue weighted by Crippen LogP contribution is 2.26. The van der Waals surface area contributed by atoms with Crippen LogP contribution in [-0.4, -0.2) is 45.6 Å². The van der Waals surface area contributed by atoms with Crippen molar-refractivity contribution in [1.29, 1.82) is 0 Å². The van der Waals surface area contributed by atoms with Gasteiger partial charge in [0, 0.05) is 19.7 Å². The summed E-state index contributed by atoms with van der Waals surface area (Å²) in [6.45, 7) is 7.11. The van der Waals surface area contributed by atoms with Crippen LogP contribution in [0, 0.1) is 12.8 Å². The van der Waals surface area contributed by atoms with Gasteiger partial charge in [-0.1, -0.05) is 31.5 Å². The highest BCUT2D eigenvalue weighted by molar-refractivity contribution is 7.89. The third-order valence-electron chi connectivity index (χ3n) is 4.24. The topological polar surface area (TPSA) is 55.8 Å². The lowest BCUT2D eigenvalue weighted by Crippen LogP contribution is -2.45. The third-order valence-corrected chi connectivity index (χ3v) is 6.18. The molecule has 0 fully saturated rings. The Labute approximate surface area is 145 Å². The number of ether oxygens (including phenoxy) is 2. The Bertz CT molecular complexity index is 665. The maximum atomic E-state index is 13.1. The summed E-state index contributed by atoms with van der Waals surface area (Å²) in [5.41, 5.74) is 1.04. The fourth-order valence-electron chi connectivity index (χ4n) is 2.85. The van der Waals surface area contributed by atoms with Crippen LogP contribution in [0.2, 0.25) is 0 Å². The van der Waals surface area contributed by atoms with Crippen LogP contribution in [0.4, 0.5) is 0 Å². The summed E-state index contributed by atoms with van der Waals surface area (Å²) < 4.78 is 38.6. The van der Waals surface area contributed by atoms with Crippen LogP contribution in [0.5, 0.6) is 0 Å². The number of sulfonamides is 1. The van der Waals surface area contributed by atoms with E-state index in [0.29, 0.717) is 31.1 Å². The van der Waals surface area contributed by atoms with E-state index < -0.39 is 10.0 Å². The molecule has 5 nitrogen and oxygen atoms in total. The summed E-state index contributed by atoms with van der Waals surface area (Å²) in [6.07, 6.45) is 2.56. The first-order valence-electron chi connectivity index (χ1n) is 8.25. The summed E-state index contributed by atoms with van der Waals surface area (Å²) in [4.78, 5) is 0.334. The maximum Gasteiger partial charge on any atom is 0.243 e. The second-order valence-corrected chi connectivity index (χ2v) is 8.32. The van der Waals surface area contributed by atoms with Gasteiger partial charge in [0.2, 0.25) is 10.0 Å². The lowest BCUT2D eigenvalue weighted by molar-refractivity contribution is 0.106. The zero-order valence-corrected chi connectivity index (χ0v) is 15.7. The molecule has 0 saturated carbocycles. The zero-order chi connectivity index (χ0) is 17.7. The molecule has 0 N–H and O–H groups in total. The molecular weight excluding hydrogens is 326 g/mol. The predicted octanol–water partition coefficient (Wildman–Crippen LogP) is 2.96. The average Bonchev–Trinajstić information content (AvgIpc) is 2.50. The van der Waals surface area contributed by atoms with E-state index in [0.717, 1.165) is 11.3 Å². The van der Waals surface area contributed by atoms with E-state index in [1.165, 1.54) is 0 Å². The second kappa shape index (κ2) is 8.14. The molecule has 0 amide bonds. The fraction of sp³-hybridized carbons (Fsp3) is 0.556. The van der Waals surface area contributed by atoms with E-state index in [1.54, 1.807) is 23.5 Å². The quantitative estimate of drug-likeness (QED) is 0.817. The SMILES string of the molecule is COC/C1=C/C[C@H](C(C)C)N(S(=O)(=O)c2ccc(C)cc2)CCO1. The minimum atomic E-state index is -3.55. The molecule has 1 aromatic carbocycles. The van der Waals surface area contributed by atoms with Crippen LogP contribution in [0.1, 0.15) is 25.8 Å². The summed E-state index contributed by atoms with van der Waals surface area (Å²) in [5.74, 6) is 0.971. The first-order valence-corrected chi connectivity index (χ1v) is 9.69. The number of rotatable bonds is 5. The van der Waals surface area contributed by atoms with Crippen molar-refractivity contribution in [2.24, 2.45) is 5.92 Å². The van der Waals surface area contributed by atoms with Crippen LogP contribution in [0.25, 0.3) is 0 Å². The minimum absolute atomic E-state index is 0.105. The van der Waals surface area contributed by atoms with Crippen molar-refractivity contribution in [1.82, 2.24) is 4.31 Å². The Morgan fingerprint density at radius 1 is 1.29 bits per heavy atom. The molecule has 24 heavy (non-hydrogen) atoms. The van der Waals surface area contributed by atoms with Crippen molar-refractivity contribution >= 4 is 10.0 Å². The summed E-state index contributed by atoms with van der Waals surface area (Å²) in [7, 11) is -1.93. The lowest BCUT2D eigenvalue weighted by atomic mass is 10.00. The monoisotopic (exact) mass is 353 g/mol. The Kier molecular flexibility index (Phi) is 6.43. The molecule has 6 heteroatoms. The van der Waals surface area contributed by atoms with Crippen LogP contribution in [0.15, 0.2) is 41.0 Å². The number of methoxy groups -OCH3 is 1. The Balaban J connectivity index is 2.33. The van der Waals surface area contributed by atoms with Crippen molar-refractivity contribution < 1.29 is 17.9 Å². The molecule has 0 unspecified atom stereocenters. The average molecular weight is 353 g/mol. The molecular formula is C18H27NO4S. The summed E-state index contributed by atoms with van der Waals surface area (Å²) in [6, 6.07) is 6.90. The Morgan fingerprint density at radius 2 is 1.96 bits per heavy atom. The van der Waals surface area contributed by atoms with Gasteiger partial charge in [-0.05, 0) is 37.5 Å². The van der Waals surface area contributed by atoms with E-state index in [9.17, 15) is 8.42 Å². The summed E-state index contributed by atoms with van der Waals surface area (Å²) in [5, 5.41) is 0. The van der Waals surface area contributed by atoms with Crippen LogP contribution < -0.4 is 0 Å². The molecule has 0 radical (unpaired) electrons. The van der Waals surface area contributed by atoms with Gasteiger partial charge in [0.25, 0.3) is 0 Å². The number of aryl methyl sites for hydroxylation is 1. The molecule has 1 atom stereocenters. The minimum Gasteiger partial charge on any atom is -0.494 e. The molecule has 1 aliphatic heterocycles. The number of benzene rings is 1. The van der Waals surface area contributed by atoms with E-state index in [2.05, 4.69) is 13.8 Å². The first-order chi connectivity index (χ1) is 11.4. The smallest absolute Gasteiger partial charge is 0.243 e. The van der Waals surface area contributed by atoms with Gasteiger partial charge in [-0.15, -0.1) is 0 Å². The number of nitrogens with zero attached hydrogens (tertiary/aromatic N) is 1. The molecule has 1 heterocycles. The first kappa shape index (κ1) is 19.0. The van der Waals surface area contributed by atoms with E-state index in [-0.39, 0.29) is 12.0 Å². The fourth-order valence-corrected chi connectivity index (χ4v) is 4.60. The van der Waals surface area contributed by atoms with Crippen LogP contribution in [-0.2, 0) is 19.5 Å². The highest BCUT2D eigenvalue weighted by atomic mass is 32.2. The molecule has 1 aliphatic rings. The number of hydrogen-bond acceptors (Lipinski definition) is 4. The molecule has 0 aromatic heterocycles. The van der Waals surface area contributed by atoms with Gasteiger partial charge in [0.1, 0.15) is 19.0 Å². The van der Waals surface area contributed by atoms with Gasteiger partial charge in [0.05, 0.1) is 4.90 Å². The zero-order valence-electron chi connectivity index (χ0n) is 14.9. The van der Waals surface area contributed by atoms with Gasteiger partial charge < -0.3 is 9.47 Å². The molecule has 1 aromatic rings. The van der Waals surface area contributed by atoms with Gasteiger partial charge in [-0.3, -0.25) is 0 Å². The highest BCUT2D eigenvalue weighted by Gasteiger charge is 2.33. The molecule has 0 saturated heterocycles. The van der Waals surface area contributed by atoms with E-state index >= 15 is 0 Å². The molecule has 0 aliphatic carbocycles. The molecule has 2 rings (SSSR count). The summed E-state index contributed by atoms with van der Waals surface area (Å²) >= 11 is 0. The van der Waals surface area contributed by atoms with Gasteiger partial charge in [-0.25, -0.2) is 8.42 Å². The second-order valence-electron chi connectivity index (χ2n) is 6.43. The van der Waals surface area contributed by atoms with Crippen molar-refractivity contribution in [3.05, 3.63) is 41.7 Å². The number of hydrogen-bond donors (Lipinski definition) is 0. The van der Waals surface area contributed by atoms with E-state index in [1.807, 2.05) is 25.1 Å². The van der Waals surface area contributed by atoms with Crippen molar-refractivity contribution in [2.75, 3.05) is 26.9 Å². The third kappa shape index (κ3) is 4.37. The van der Waals surface area contributed by atoms with Gasteiger partial charge in [-0.2, -0.15) is 4.31 Å². The van der Waals surface area contributed by atoms with Gasteiger partial charge >= 0.3 is 0 Å². The van der Waals surface area contributed by atoms with E-state index in [4.69, 9.17) is 9.47 Å². The normalized spacial score (nSPS) is 22.4. The van der Waals surface area contributed by atoms with Crippen molar-refractivity contribution in [3.8, 4) is 0 Å². The van der Waals surface area contributed by atoms with Crippen LogP contribution >= 0.6 is 0 Å². The molecule has 134 valence electrons.